The summed E-state index contributed by atoms with van der Waals surface area (Å²) in [5.74, 6) is -0.0353. The molecule has 0 aromatic carbocycles. The van der Waals surface area contributed by atoms with Gasteiger partial charge in [0.25, 0.3) is 0 Å². The van der Waals surface area contributed by atoms with Crippen LogP contribution in [0.15, 0.2) is 24.3 Å². The lowest BCUT2D eigenvalue weighted by atomic mass is 10.0. The second kappa shape index (κ2) is 66.8. The van der Waals surface area contributed by atoms with E-state index in [2.05, 4.69) is 43.5 Å². The number of aliphatic hydroxyl groups excluding tert-OH is 2. The van der Waals surface area contributed by atoms with Gasteiger partial charge in [-0.2, -0.15) is 0 Å². The van der Waals surface area contributed by atoms with E-state index in [4.69, 9.17) is 4.74 Å². The maximum absolute atomic E-state index is 12.5. The molecule has 6 nitrogen and oxygen atoms in total. The minimum Gasteiger partial charge on any atom is -0.466 e. The Kier molecular flexibility index (Phi) is 65.4. The molecule has 0 saturated carbocycles. The van der Waals surface area contributed by atoms with Gasteiger partial charge in [0.2, 0.25) is 5.91 Å². The molecule has 0 aliphatic rings. The van der Waals surface area contributed by atoms with E-state index >= 15 is 0 Å². The van der Waals surface area contributed by atoms with E-state index in [1.54, 1.807) is 0 Å². The molecule has 0 rings (SSSR count). The summed E-state index contributed by atoms with van der Waals surface area (Å²) >= 11 is 0. The van der Waals surface area contributed by atoms with E-state index in [0.29, 0.717) is 25.9 Å². The molecule has 2 unspecified atom stereocenters. The Labute approximate surface area is 481 Å². The number of amides is 1. The van der Waals surface area contributed by atoms with Crippen molar-refractivity contribution < 1.29 is 24.5 Å². The van der Waals surface area contributed by atoms with Crippen LogP contribution in [0.4, 0.5) is 0 Å². The molecule has 1 amide bonds. The standard InChI is InChI=1S/C71H137NO5/c1-3-5-7-9-11-13-15-17-19-21-22-23-24-25-28-32-35-39-43-47-51-55-59-63-69(74)68(67-73)72-70(75)64-60-56-52-48-44-40-36-33-29-26-27-30-34-38-42-46-50-54-58-62-66-77-71(76)65-61-57-53-49-45-41-37-31-20-18-16-14-12-10-8-6-4-2/h18,20,26,29,68-69,73-74H,3-17,19,21-25,27-28,30-67H2,1-2H3,(H,72,75)/b20-18-,29-26-. The lowest BCUT2D eigenvalue weighted by Gasteiger charge is -2.22. The maximum atomic E-state index is 12.5. The van der Waals surface area contributed by atoms with Crippen molar-refractivity contribution in [1.29, 1.82) is 0 Å². The summed E-state index contributed by atoms with van der Waals surface area (Å²) in [4.78, 5) is 24.6. The largest absolute Gasteiger partial charge is 0.466 e. The van der Waals surface area contributed by atoms with Gasteiger partial charge in [-0.1, -0.05) is 327 Å². The van der Waals surface area contributed by atoms with Crippen LogP contribution in [-0.2, 0) is 14.3 Å². The van der Waals surface area contributed by atoms with Crippen molar-refractivity contribution in [3.05, 3.63) is 24.3 Å². The van der Waals surface area contributed by atoms with Gasteiger partial charge >= 0.3 is 5.97 Å². The zero-order valence-corrected chi connectivity index (χ0v) is 52.2. The van der Waals surface area contributed by atoms with Gasteiger partial charge in [0.15, 0.2) is 0 Å². The van der Waals surface area contributed by atoms with E-state index in [9.17, 15) is 19.8 Å². The lowest BCUT2D eigenvalue weighted by Crippen LogP contribution is -2.45. The molecule has 0 aliphatic heterocycles. The summed E-state index contributed by atoms with van der Waals surface area (Å²) in [6, 6.07) is -0.549. The number of hydrogen-bond acceptors (Lipinski definition) is 5. The fourth-order valence-corrected chi connectivity index (χ4v) is 11.1. The molecule has 0 aromatic heterocycles. The minimum atomic E-state index is -0.671. The topological polar surface area (TPSA) is 95.9 Å². The maximum Gasteiger partial charge on any atom is 0.305 e. The van der Waals surface area contributed by atoms with Crippen LogP contribution in [-0.4, -0.2) is 47.4 Å². The van der Waals surface area contributed by atoms with Crippen LogP contribution in [0, 0.1) is 0 Å². The summed E-state index contributed by atoms with van der Waals surface area (Å²) in [5, 5.41) is 23.4. The number of unbranched alkanes of at least 4 members (excludes halogenated alkanes) is 51. The molecule has 6 heteroatoms. The highest BCUT2D eigenvalue weighted by Crippen LogP contribution is 2.19. The van der Waals surface area contributed by atoms with Crippen molar-refractivity contribution in [3.63, 3.8) is 0 Å². The molecule has 0 aliphatic carbocycles. The van der Waals surface area contributed by atoms with Crippen molar-refractivity contribution in [2.75, 3.05) is 13.2 Å². The fourth-order valence-electron chi connectivity index (χ4n) is 11.1. The molecular formula is C71H137NO5. The van der Waals surface area contributed by atoms with Gasteiger partial charge < -0.3 is 20.3 Å². The number of rotatable bonds is 66. The predicted molar refractivity (Wildman–Crippen MR) is 338 cm³/mol. The first-order chi connectivity index (χ1) is 38.0. The molecule has 0 aromatic rings. The van der Waals surface area contributed by atoms with Crippen molar-refractivity contribution >= 4 is 11.9 Å². The Morgan fingerprint density at radius 2 is 0.610 bits per heavy atom. The Balaban J connectivity index is 3.42. The van der Waals surface area contributed by atoms with Crippen molar-refractivity contribution in [2.24, 2.45) is 0 Å². The third kappa shape index (κ3) is 63.4. The quantitative estimate of drug-likeness (QED) is 0.0320. The molecular weight excluding hydrogens is 947 g/mol. The van der Waals surface area contributed by atoms with Crippen LogP contribution in [0.5, 0.6) is 0 Å². The van der Waals surface area contributed by atoms with E-state index in [1.165, 1.54) is 315 Å². The van der Waals surface area contributed by atoms with Gasteiger partial charge in [-0.05, 0) is 77.0 Å². The normalized spacial score (nSPS) is 12.6. The van der Waals surface area contributed by atoms with Gasteiger partial charge in [0, 0.05) is 12.8 Å². The van der Waals surface area contributed by atoms with Gasteiger partial charge in [0.1, 0.15) is 0 Å². The second-order valence-electron chi connectivity index (χ2n) is 24.2. The third-order valence-corrected chi connectivity index (χ3v) is 16.5. The molecule has 77 heavy (non-hydrogen) atoms. The smallest absolute Gasteiger partial charge is 0.305 e. The first kappa shape index (κ1) is 75.3. The average molecular weight is 1080 g/mol. The predicted octanol–water partition coefficient (Wildman–Crippen LogP) is 22.5. The summed E-state index contributed by atoms with van der Waals surface area (Å²) in [7, 11) is 0. The summed E-state index contributed by atoms with van der Waals surface area (Å²) in [5.41, 5.74) is 0. The number of allylic oxidation sites excluding steroid dienone is 4. The molecule has 3 N–H and O–H groups in total. The van der Waals surface area contributed by atoms with Crippen LogP contribution in [0.1, 0.15) is 393 Å². The van der Waals surface area contributed by atoms with E-state index < -0.39 is 12.1 Å². The molecule has 0 saturated heterocycles. The number of carbonyl (C=O) groups excluding carboxylic acids is 2. The number of ether oxygens (including phenoxy) is 1. The molecule has 0 fully saturated rings. The highest BCUT2D eigenvalue weighted by Gasteiger charge is 2.20. The van der Waals surface area contributed by atoms with E-state index in [0.717, 1.165) is 44.9 Å². The number of esters is 1. The van der Waals surface area contributed by atoms with Crippen LogP contribution in [0.3, 0.4) is 0 Å². The summed E-state index contributed by atoms with van der Waals surface area (Å²) < 4.78 is 5.49. The lowest BCUT2D eigenvalue weighted by molar-refractivity contribution is -0.143. The Hall–Kier alpha value is -1.66. The average Bonchev–Trinajstić information content (AvgIpc) is 3.43. The zero-order valence-electron chi connectivity index (χ0n) is 52.2. The second-order valence-corrected chi connectivity index (χ2v) is 24.2. The molecule has 0 bridgehead atoms. The van der Waals surface area contributed by atoms with E-state index in [-0.39, 0.29) is 18.5 Å². The molecule has 0 heterocycles. The van der Waals surface area contributed by atoms with Crippen LogP contribution >= 0.6 is 0 Å². The molecule has 456 valence electrons. The third-order valence-electron chi connectivity index (χ3n) is 16.5. The Bertz CT molecular complexity index is 1200. The first-order valence-corrected chi connectivity index (χ1v) is 35.1. The first-order valence-electron chi connectivity index (χ1n) is 35.1. The molecule has 0 spiro atoms. The number of carbonyl (C=O) groups is 2. The SMILES string of the molecule is CCCCCCCC/C=C\CCCCCCCCCC(=O)OCCCCCCCCCCC/C=C\CCCCCCCCCC(=O)NC(CO)C(O)CCCCCCCCCCCCCCCCCCCCCCCCC. The monoisotopic (exact) mass is 1080 g/mol. The number of nitrogens with one attached hydrogen (secondary N) is 1. The van der Waals surface area contributed by atoms with Crippen molar-refractivity contribution in [2.45, 2.75) is 405 Å². The summed E-state index contributed by atoms with van der Waals surface area (Å²) in [6.07, 6.45) is 83.6. The number of aliphatic hydroxyl groups is 2. The Morgan fingerprint density at radius 3 is 0.922 bits per heavy atom. The van der Waals surface area contributed by atoms with Gasteiger partial charge in [-0.15, -0.1) is 0 Å². The van der Waals surface area contributed by atoms with Gasteiger partial charge in [-0.25, -0.2) is 0 Å². The molecule has 2 atom stereocenters. The fraction of sp³-hybridized carbons (Fsp3) is 0.915. The van der Waals surface area contributed by atoms with E-state index in [1.807, 2.05) is 0 Å². The Morgan fingerprint density at radius 1 is 0.351 bits per heavy atom. The van der Waals surface area contributed by atoms with Gasteiger partial charge in [0.05, 0.1) is 25.4 Å². The molecule has 0 radical (unpaired) electrons. The highest BCUT2D eigenvalue weighted by molar-refractivity contribution is 5.76. The summed E-state index contributed by atoms with van der Waals surface area (Å²) in [6.45, 7) is 4.97. The number of hydrogen-bond donors (Lipinski definition) is 3. The van der Waals surface area contributed by atoms with Crippen LogP contribution in [0.2, 0.25) is 0 Å². The minimum absolute atomic E-state index is 0.00398. The van der Waals surface area contributed by atoms with Crippen LogP contribution in [0.25, 0.3) is 0 Å². The zero-order chi connectivity index (χ0) is 55.7. The van der Waals surface area contributed by atoms with Crippen LogP contribution < -0.4 is 5.32 Å². The van der Waals surface area contributed by atoms with Gasteiger partial charge in [-0.3, -0.25) is 9.59 Å². The van der Waals surface area contributed by atoms with Crippen molar-refractivity contribution in [3.8, 4) is 0 Å². The van der Waals surface area contributed by atoms with Crippen molar-refractivity contribution in [1.82, 2.24) is 5.32 Å². The highest BCUT2D eigenvalue weighted by atomic mass is 16.5.